The number of allylic oxidation sites excluding steroid dienone is 4. The molecule has 0 aromatic heterocycles. The van der Waals surface area contributed by atoms with Gasteiger partial charge in [0.25, 0.3) is 0 Å². The van der Waals surface area contributed by atoms with E-state index in [0.29, 0.717) is 9.79 Å². The molecule has 6 heteroatoms. The summed E-state index contributed by atoms with van der Waals surface area (Å²) in [4.78, 5) is 5.41. The second kappa shape index (κ2) is 7.21. The van der Waals surface area contributed by atoms with E-state index in [2.05, 4.69) is 17.1 Å². The van der Waals surface area contributed by atoms with Crippen LogP contribution in [0.4, 0.5) is 17.1 Å². The van der Waals surface area contributed by atoms with Crippen LogP contribution >= 0.6 is 0 Å². The minimum Gasteiger partial charge on any atom is -0.604 e. The van der Waals surface area contributed by atoms with Crippen LogP contribution in [0.5, 0.6) is 0 Å². The molecule has 6 rings (SSSR count). The Morgan fingerprint density at radius 2 is 1.29 bits per heavy atom. The Bertz CT molecular complexity index is 1180. The fraction of sp³-hybridized carbons (Fsp3) is 0.120. The minimum absolute atomic E-state index is 0.645. The summed E-state index contributed by atoms with van der Waals surface area (Å²) in [5, 5.41) is 0. The van der Waals surface area contributed by atoms with E-state index in [1.165, 1.54) is 0 Å². The lowest BCUT2D eigenvalue weighted by atomic mass is 10.1. The van der Waals surface area contributed by atoms with Gasteiger partial charge in [0.05, 0.1) is 39.4 Å². The highest BCUT2D eigenvalue weighted by molar-refractivity contribution is 8.13. The van der Waals surface area contributed by atoms with Crippen LogP contribution < -0.4 is 9.80 Å². The molecule has 1 aliphatic carbocycles. The van der Waals surface area contributed by atoms with Gasteiger partial charge in [0.15, 0.2) is 0 Å². The van der Waals surface area contributed by atoms with Crippen LogP contribution in [0.15, 0.2) is 113 Å². The molecule has 0 N–H and O–H groups in total. The van der Waals surface area contributed by atoms with E-state index < -0.39 is 26.7 Å². The summed E-state index contributed by atoms with van der Waals surface area (Å²) in [6.07, 6.45) is 7.94. The number of para-hydroxylation sites is 3. The van der Waals surface area contributed by atoms with Crippen LogP contribution in [-0.4, -0.2) is 13.4 Å². The van der Waals surface area contributed by atoms with E-state index in [1.54, 1.807) is 0 Å². The molecular weight excluding hydrogens is 424 g/mol. The SMILES string of the molecule is [O-][S+]1c2ccccc2[S+]([O-])C12N(C1=CC=CCC1)c1ccccc1N2c1ccccc1. The van der Waals surface area contributed by atoms with Gasteiger partial charge in [0.1, 0.15) is 0 Å². The molecular formula is C25H20N2O2S2. The van der Waals surface area contributed by atoms with Gasteiger partial charge < -0.3 is 9.11 Å². The van der Waals surface area contributed by atoms with Crippen LogP contribution in [-0.2, 0) is 22.4 Å². The highest BCUT2D eigenvalue weighted by atomic mass is 32.3. The summed E-state index contributed by atoms with van der Waals surface area (Å²) in [5.74, 6) is 0. The van der Waals surface area contributed by atoms with Crippen LogP contribution in [0.25, 0.3) is 0 Å². The summed E-state index contributed by atoms with van der Waals surface area (Å²) in [6, 6.07) is 25.3. The van der Waals surface area contributed by atoms with Gasteiger partial charge in [-0.25, -0.2) is 9.80 Å². The van der Waals surface area contributed by atoms with E-state index in [4.69, 9.17) is 0 Å². The van der Waals surface area contributed by atoms with Gasteiger partial charge in [-0.1, -0.05) is 54.6 Å². The number of nitrogens with zero attached hydrogens (tertiary/aromatic N) is 2. The minimum atomic E-state index is -1.56. The molecule has 1 spiro atoms. The first-order chi connectivity index (χ1) is 15.2. The lowest BCUT2D eigenvalue weighted by molar-refractivity contribution is 0.547. The molecule has 3 aromatic rings. The number of fused-ring (bicyclic) bond motifs is 2. The summed E-state index contributed by atoms with van der Waals surface area (Å²) < 4.78 is 27.4. The van der Waals surface area contributed by atoms with Gasteiger partial charge in [-0.05, 0) is 55.3 Å². The molecule has 31 heavy (non-hydrogen) atoms. The Hall–Kier alpha value is -2.64. The monoisotopic (exact) mass is 444 g/mol. The van der Waals surface area contributed by atoms with Gasteiger partial charge in [0.2, 0.25) is 9.79 Å². The van der Waals surface area contributed by atoms with Gasteiger partial charge in [-0.3, -0.25) is 0 Å². The third-order valence-electron chi connectivity index (χ3n) is 5.95. The van der Waals surface area contributed by atoms with Crippen LogP contribution in [0.1, 0.15) is 12.8 Å². The topological polar surface area (TPSA) is 52.6 Å². The fourth-order valence-electron chi connectivity index (χ4n) is 4.68. The molecule has 3 aliphatic rings. The third kappa shape index (κ3) is 2.53. The molecule has 154 valence electrons. The molecule has 4 nitrogen and oxygen atoms in total. The molecule has 0 amide bonds. The number of rotatable bonds is 2. The summed E-state index contributed by atoms with van der Waals surface area (Å²) in [5.41, 5.74) is 3.75. The Morgan fingerprint density at radius 1 is 0.710 bits per heavy atom. The smallest absolute Gasteiger partial charge is 0.452 e. The summed E-state index contributed by atoms with van der Waals surface area (Å²) >= 11 is -3.13. The van der Waals surface area contributed by atoms with E-state index in [1.807, 2.05) is 89.8 Å². The molecule has 2 atom stereocenters. The van der Waals surface area contributed by atoms with Gasteiger partial charge in [-0.2, -0.15) is 0 Å². The Labute approximate surface area is 187 Å². The standard InChI is InChI=1S/C25H20N2O2S2/c28-30-23-17-9-10-18-24(23)31(29)25(30)26(19-11-3-1-4-12-19)21-15-7-8-16-22(21)27(25)20-13-5-2-6-14-20/h1-5,7-13,15-18H,6,14H2. The van der Waals surface area contributed by atoms with Crippen molar-refractivity contribution in [2.24, 2.45) is 0 Å². The average Bonchev–Trinajstić information content (AvgIpc) is 3.26. The predicted molar refractivity (Wildman–Crippen MR) is 126 cm³/mol. The summed E-state index contributed by atoms with van der Waals surface area (Å²) in [7, 11) is 0. The lowest BCUT2D eigenvalue weighted by Crippen LogP contribution is -2.62. The van der Waals surface area contributed by atoms with Gasteiger partial charge >= 0.3 is 4.33 Å². The third-order valence-corrected chi connectivity index (χ3v) is 10.2. The second-order valence-corrected chi connectivity index (χ2v) is 11.0. The zero-order valence-electron chi connectivity index (χ0n) is 16.7. The molecule has 0 fully saturated rings. The van der Waals surface area contributed by atoms with Crippen molar-refractivity contribution >= 4 is 39.4 Å². The molecule has 2 unspecified atom stereocenters. The van der Waals surface area contributed by atoms with Crippen molar-refractivity contribution in [3.8, 4) is 0 Å². The quantitative estimate of drug-likeness (QED) is 0.495. The van der Waals surface area contributed by atoms with E-state index in [-0.39, 0.29) is 0 Å². The molecule has 2 heterocycles. The number of hydrogen-bond acceptors (Lipinski definition) is 4. The first kappa shape index (κ1) is 19.1. The normalized spacial score (nSPS) is 26.2. The van der Waals surface area contributed by atoms with Crippen molar-refractivity contribution < 1.29 is 9.11 Å². The Morgan fingerprint density at radius 3 is 1.90 bits per heavy atom. The van der Waals surface area contributed by atoms with Gasteiger partial charge in [-0.15, -0.1) is 0 Å². The molecule has 0 saturated heterocycles. The first-order valence-electron chi connectivity index (χ1n) is 10.3. The van der Waals surface area contributed by atoms with Crippen LogP contribution in [0.2, 0.25) is 0 Å². The lowest BCUT2D eigenvalue weighted by Gasteiger charge is -2.40. The predicted octanol–water partition coefficient (Wildman–Crippen LogP) is 5.42. The van der Waals surface area contributed by atoms with E-state index >= 15 is 0 Å². The second-order valence-electron chi connectivity index (χ2n) is 7.65. The van der Waals surface area contributed by atoms with Crippen LogP contribution in [0, 0.1) is 0 Å². The molecule has 3 aromatic carbocycles. The molecule has 0 bridgehead atoms. The zero-order valence-corrected chi connectivity index (χ0v) is 18.3. The maximum atomic E-state index is 14.3. The van der Waals surface area contributed by atoms with Crippen molar-refractivity contribution in [1.29, 1.82) is 0 Å². The number of benzene rings is 3. The molecule has 0 radical (unpaired) electrons. The van der Waals surface area contributed by atoms with Crippen LogP contribution in [0.3, 0.4) is 0 Å². The van der Waals surface area contributed by atoms with Crippen molar-refractivity contribution in [2.75, 3.05) is 9.80 Å². The van der Waals surface area contributed by atoms with E-state index in [0.717, 1.165) is 35.6 Å². The van der Waals surface area contributed by atoms with E-state index in [9.17, 15) is 9.11 Å². The maximum Gasteiger partial charge on any atom is 0.452 e. The number of hydrogen-bond donors (Lipinski definition) is 0. The number of anilines is 3. The highest BCUT2D eigenvalue weighted by Crippen LogP contribution is 2.61. The molecule has 0 saturated carbocycles. The Balaban J connectivity index is 1.68. The highest BCUT2D eigenvalue weighted by Gasteiger charge is 2.75. The fourth-order valence-corrected chi connectivity index (χ4v) is 9.21. The Kier molecular flexibility index (Phi) is 4.43. The largest absolute Gasteiger partial charge is 0.604 e. The van der Waals surface area contributed by atoms with Crippen molar-refractivity contribution in [1.82, 2.24) is 0 Å². The average molecular weight is 445 g/mol. The van der Waals surface area contributed by atoms with Crippen molar-refractivity contribution in [3.05, 3.63) is 103 Å². The maximum absolute atomic E-state index is 14.3. The summed E-state index contributed by atoms with van der Waals surface area (Å²) in [6.45, 7) is 0. The zero-order chi connectivity index (χ0) is 21.0. The van der Waals surface area contributed by atoms with Crippen molar-refractivity contribution in [2.45, 2.75) is 27.0 Å². The first-order valence-corrected chi connectivity index (χ1v) is 12.6. The van der Waals surface area contributed by atoms with Gasteiger partial charge in [0, 0.05) is 5.70 Å². The van der Waals surface area contributed by atoms with Crippen molar-refractivity contribution in [3.63, 3.8) is 0 Å². The molecule has 2 aliphatic heterocycles.